The number of rotatable bonds is 3. The Balaban J connectivity index is 2.16. The van der Waals surface area contributed by atoms with E-state index in [1.54, 1.807) is 0 Å². The molecule has 0 bridgehead atoms. The van der Waals surface area contributed by atoms with Gasteiger partial charge in [-0.15, -0.1) is 0 Å². The lowest BCUT2D eigenvalue weighted by Crippen LogP contribution is -2.16. The lowest BCUT2D eigenvalue weighted by Gasteiger charge is -2.21. The Kier molecular flexibility index (Phi) is 3.25. The van der Waals surface area contributed by atoms with Crippen LogP contribution in [0.1, 0.15) is 51.3 Å². The average Bonchev–Trinajstić information content (AvgIpc) is 3.06. The zero-order chi connectivity index (χ0) is 13.6. The standard InChI is InChI=1S/C14H22N4S/c1-4-17-13-12(9(2)16-17)15-14(19)18(13)10(3)11-7-5-6-8-11/h10-11H,4-8H2,1-3H3,(H,15,19). The molecule has 1 atom stereocenters. The minimum atomic E-state index is 0.463. The van der Waals surface area contributed by atoms with E-state index in [1.807, 2.05) is 6.92 Å². The van der Waals surface area contributed by atoms with Gasteiger partial charge in [-0.2, -0.15) is 5.10 Å². The first kappa shape index (κ1) is 12.9. The molecule has 1 N–H and O–H groups in total. The number of aromatic nitrogens is 4. The number of hydrogen-bond donors (Lipinski definition) is 1. The SMILES string of the molecule is CCn1nc(C)c2[nH]c(=S)n(C(C)C3CCCC3)c21. The Morgan fingerprint density at radius 1 is 1.42 bits per heavy atom. The van der Waals surface area contributed by atoms with Crippen LogP contribution >= 0.6 is 12.2 Å². The molecule has 0 aliphatic heterocycles. The molecule has 0 amide bonds. The highest BCUT2D eigenvalue weighted by Crippen LogP contribution is 2.36. The molecule has 1 aliphatic rings. The van der Waals surface area contributed by atoms with E-state index in [0.29, 0.717) is 6.04 Å². The minimum Gasteiger partial charge on any atom is -0.328 e. The molecule has 5 heteroatoms. The number of H-pyrrole nitrogens is 1. The van der Waals surface area contributed by atoms with E-state index in [1.165, 1.54) is 31.3 Å². The second-order valence-electron chi connectivity index (χ2n) is 5.69. The molecule has 1 saturated carbocycles. The molecule has 104 valence electrons. The molecule has 1 aliphatic carbocycles. The molecular weight excluding hydrogens is 256 g/mol. The van der Waals surface area contributed by atoms with Crippen molar-refractivity contribution in [3.63, 3.8) is 0 Å². The largest absolute Gasteiger partial charge is 0.328 e. The predicted molar refractivity (Wildman–Crippen MR) is 80.0 cm³/mol. The summed E-state index contributed by atoms with van der Waals surface area (Å²) in [6, 6.07) is 0.463. The van der Waals surface area contributed by atoms with Gasteiger partial charge < -0.3 is 4.98 Å². The normalized spacial score (nSPS) is 18.5. The van der Waals surface area contributed by atoms with E-state index in [4.69, 9.17) is 12.2 Å². The van der Waals surface area contributed by atoms with E-state index in [0.717, 1.165) is 28.4 Å². The van der Waals surface area contributed by atoms with Gasteiger partial charge in [0, 0.05) is 12.6 Å². The predicted octanol–water partition coefficient (Wildman–Crippen LogP) is 3.97. The van der Waals surface area contributed by atoms with Crippen LogP contribution in [0.4, 0.5) is 0 Å². The number of aryl methyl sites for hydroxylation is 2. The van der Waals surface area contributed by atoms with Crippen LogP contribution in [0.25, 0.3) is 11.2 Å². The van der Waals surface area contributed by atoms with Gasteiger partial charge in [0.15, 0.2) is 10.4 Å². The van der Waals surface area contributed by atoms with Crippen LogP contribution < -0.4 is 0 Å². The Morgan fingerprint density at radius 3 is 2.74 bits per heavy atom. The summed E-state index contributed by atoms with van der Waals surface area (Å²) in [5.41, 5.74) is 3.32. The molecule has 2 heterocycles. The fraction of sp³-hybridized carbons (Fsp3) is 0.714. The van der Waals surface area contributed by atoms with Gasteiger partial charge >= 0.3 is 0 Å². The summed E-state index contributed by atoms with van der Waals surface area (Å²) in [4.78, 5) is 3.35. The molecule has 0 radical (unpaired) electrons. The van der Waals surface area contributed by atoms with Crippen molar-refractivity contribution in [3.05, 3.63) is 10.5 Å². The zero-order valence-electron chi connectivity index (χ0n) is 11.9. The third-order valence-electron chi connectivity index (χ3n) is 4.57. The monoisotopic (exact) mass is 278 g/mol. The molecule has 19 heavy (non-hydrogen) atoms. The molecule has 3 rings (SSSR count). The molecule has 0 aromatic carbocycles. The second kappa shape index (κ2) is 4.78. The van der Waals surface area contributed by atoms with Gasteiger partial charge in [0.2, 0.25) is 0 Å². The van der Waals surface area contributed by atoms with E-state index >= 15 is 0 Å². The third kappa shape index (κ3) is 1.95. The van der Waals surface area contributed by atoms with Crippen molar-refractivity contribution >= 4 is 23.4 Å². The summed E-state index contributed by atoms with van der Waals surface area (Å²) in [6.45, 7) is 7.37. The summed E-state index contributed by atoms with van der Waals surface area (Å²) in [7, 11) is 0. The molecule has 2 aromatic heterocycles. The van der Waals surface area contributed by atoms with Crippen LogP contribution in [0.5, 0.6) is 0 Å². The van der Waals surface area contributed by atoms with Crippen molar-refractivity contribution in [1.82, 2.24) is 19.3 Å². The second-order valence-corrected chi connectivity index (χ2v) is 6.07. The Morgan fingerprint density at radius 2 is 2.11 bits per heavy atom. The van der Waals surface area contributed by atoms with Crippen molar-refractivity contribution in [2.45, 2.75) is 59.0 Å². The maximum atomic E-state index is 5.55. The number of nitrogens with one attached hydrogen (secondary N) is 1. The van der Waals surface area contributed by atoms with Crippen molar-refractivity contribution in [1.29, 1.82) is 0 Å². The topological polar surface area (TPSA) is 38.5 Å². The van der Waals surface area contributed by atoms with Gasteiger partial charge in [-0.25, -0.2) is 4.68 Å². The first-order chi connectivity index (χ1) is 9.13. The molecule has 1 fully saturated rings. The molecule has 0 spiro atoms. The summed E-state index contributed by atoms with van der Waals surface area (Å²) < 4.78 is 5.21. The first-order valence-electron chi connectivity index (χ1n) is 7.31. The van der Waals surface area contributed by atoms with Gasteiger partial charge in [0.25, 0.3) is 0 Å². The van der Waals surface area contributed by atoms with E-state index in [2.05, 4.69) is 33.2 Å². The summed E-state index contributed by atoms with van der Waals surface area (Å²) in [6.07, 6.45) is 5.38. The molecule has 2 aromatic rings. The fourth-order valence-electron chi connectivity index (χ4n) is 3.47. The van der Waals surface area contributed by atoms with Crippen LogP contribution in [-0.2, 0) is 6.54 Å². The highest BCUT2D eigenvalue weighted by Gasteiger charge is 2.26. The summed E-state index contributed by atoms with van der Waals surface area (Å²) in [5.74, 6) is 0.756. The van der Waals surface area contributed by atoms with Crippen LogP contribution in [0.15, 0.2) is 0 Å². The van der Waals surface area contributed by atoms with Crippen LogP contribution in [-0.4, -0.2) is 19.3 Å². The summed E-state index contributed by atoms with van der Waals surface area (Å²) in [5, 5.41) is 4.60. The van der Waals surface area contributed by atoms with E-state index in [9.17, 15) is 0 Å². The highest BCUT2D eigenvalue weighted by atomic mass is 32.1. The van der Waals surface area contributed by atoms with Gasteiger partial charge in [-0.3, -0.25) is 4.57 Å². The smallest absolute Gasteiger partial charge is 0.179 e. The van der Waals surface area contributed by atoms with Crippen LogP contribution in [0.2, 0.25) is 0 Å². The molecule has 4 nitrogen and oxygen atoms in total. The highest BCUT2D eigenvalue weighted by molar-refractivity contribution is 7.71. The van der Waals surface area contributed by atoms with Crippen molar-refractivity contribution in [2.24, 2.45) is 5.92 Å². The van der Waals surface area contributed by atoms with Crippen LogP contribution in [0.3, 0.4) is 0 Å². The van der Waals surface area contributed by atoms with Gasteiger partial charge in [0.1, 0.15) is 5.52 Å². The molecule has 0 saturated heterocycles. The number of hydrogen-bond acceptors (Lipinski definition) is 2. The number of aromatic amines is 1. The molecule has 1 unspecified atom stereocenters. The minimum absolute atomic E-state index is 0.463. The molecular formula is C14H22N4S. The first-order valence-corrected chi connectivity index (χ1v) is 7.72. The number of nitrogens with zero attached hydrogens (tertiary/aromatic N) is 3. The lowest BCUT2D eigenvalue weighted by atomic mass is 10.00. The zero-order valence-corrected chi connectivity index (χ0v) is 12.8. The quantitative estimate of drug-likeness (QED) is 0.863. The van der Waals surface area contributed by atoms with E-state index < -0.39 is 0 Å². The van der Waals surface area contributed by atoms with Crippen molar-refractivity contribution in [3.8, 4) is 0 Å². The van der Waals surface area contributed by atoms with Crippen molar-refractivity contribution in [2.75, 3.05) is 0 Å². The van der Waals surface area contributed by atoms with Crippen LogP contribution in [0, 0.1) is 17.6 Å². The van der Waals surface area contributed by atoms with E-state index in [-0.39, 0.29) is 0 Å². The number of fused-ring (bicyclic) bond motifs is 1. The average molecular weight is 278 g/mol. The Labute approximate surface area is 118 Å². The van der Waals surface area contributed by atoms with Gasteiger partial charge in [0.05, 0.1) is 5.69 Å². The van der Waals surface area contributed by atoms with Gasteiger partial charge in [-0.1, -0.05) is 12.8 Å². The van der Waals surface area contributed by atoms with Gasteiger partial charge in [-0.05, 0) is 51.7 Å². The fourth-order valence-corrected chi connectivity index (χ4v) is 3.83. The van der Waals surface area contributed by atoms with Crippen molar-refractivity contribution < 1.29 is 0 Å². The lowest BCUT2D eigenvalue weighted by molar-refractivity contribution is 0.360. The summed E-state index contributed by atoms with van der Waals surface area (Å²) >= 11 is 5.55. The number of imidazole rings is 1. The Hall–Kier alpha value is -1.10. The third-order valence-corrected chi connectivity index (χ3v) is 4.87. The maximum Gasteiger partial charge on any atom is 0.179 e. The maximum absolute atomic E-state index is 5.55. The Bertz CT molecular complexity index is 642.